The van der Waals surface area contributed by atoms with Crippen molar-refractivity contribution in [1.82, 2.24) is 4.98 Å². The predicted molar refractivity (Wildman–Crippen MR) is 72.5 cm³/mol. The minimum atomic E-state index is 0.538. The molecule has 0 unspecified atom stereocenters. The van der Waals surface area contributed by atoms with Crippen LogP contribution in [0.25, 0.3) is 0 Å². The molecule has 3 nitrogen and oxygen atoms in total. The third-order valence-electron chi connectivity index (χ3n) is 2.71. The molecule has 0 saturated heterocycles. The first-order valence-electron chi connectivity index (χ1n) is 6.11. The molecule has 0 fully saturated rings. The van der Waals surface area contributed by atoms with Crippen LogP contribution in [-0.2, 0) is 13.0 Å². The Balaban J connectivity index is 2.06. The number of aryl methyl sites for hydroxylation is 1. The zero-order valence-electron chi connectivity index (χ0n) is 10.6. The standard InChI is InChI=1S/C15H18N2O/c1-12-8-13(10-17-9-12)11-18-15-5-3-2-4-14(15)6-7-16/h2-5,8-10H,6-7,11,16H2,1H3. The molecule has 1 heterocycles. The van der Waals surface area contributed by atoms with Gasteiger partial charge in [-0.25, -0.2) is 0 Å². The molecular formula is C15H18N2O. The maximum atomic E-state index is 5.84. The van der Waals surface area contributed by atoms with Crippen molar-refractivity contribution in [1.29, 1.82) is 0 Å². The van der Waals surface area contributed by atoms with Crippen LogP contribution >= 0.6 is 0 Å². The molecule has 2 N–H and O–H groups in total. The molecule has 2 rings (SSSR count). The SMILES string of the molecule is Cc1cncc(COc2ccccc2CCN)c1. The molecule has 94 valence electrons. The zero-order valence-corrected chi connectivity index (χ0v) is 10.6. The van der Waals surface area contributed by atoms with Gasteiger partial charge in [-0.3, -0.25) is 4.98 Å². The average Bonchev–Trinajstić information content (AvgIpc) is 2.38. The van der Waals surface area contributed by atoms with E-state index in [0.717, 1.165) is 28.9 Å². The molecule has 0 radical (unpaired) electrons. The summed E-state index contributed by atoms with van der Waals surface area (Å²) in [5.41, 5.74) is 8.97. The summed E-state index contributed by atoms with van der Waals surface area (Å²) in [5, 5.41) is 0. The Morgan fingerprint density at radius 1 is 1.22 bits per heavy atom. The van der Waals surface area contributed by atoms with Gasteiger partial charge in [0.15, 0.2) is 0 Å². The van der Waals surface area contributed by atoms with Crippen LogP contribution in [0, 0.1) is 6.92 Å². The van der Waals surface area contributed by atoms with Crippen LogP contribution in [0.15, 0.2) is 42.7 Å². The predicted octanol–water partition coefficient (Wildman–Crippen LogP) is 2.47. The monoisotopic (exact) mass is 242 g/mol. The van der Waals surface area contributed by atoms with Crippen LogP contribution < -0.4 is 10.5 Å². The fourth-order valence-electron chi connectivity index (χ4n) is 1.86. The van der Waals surface area contributed by atoms with Gasteiger partial charge in [0.05, 0.1) is 0 Å². The van der Waals surface area contributed by atoms with Crippen LogP contribution in [0.2, 0.25) is 0 Å². The second kappa shape index (κ2) is 6.17. The number of pyridine rings is 1. The van der Waals surface area contributed by atoms with Gasteiger partial charge in [0.25, 0.3) is 0 Å². The Hall–Kier alpha value is -1.87. The van der Waals surface area contributed by atoms with Crippen LogP contribution in [0.1, 0.15) is 16.7 Å². The second-order valence-electron chi connectivity index (χ2n) is 4.31. The van der Waals surface area contributed by atoms with Crippen molar-refractivity contribution >= 4 is 0 Å². The van der Waals surface area contributed by atoms with E-state index >= 15 is 0 Å². The number of para-hydroxylation sites is 1. The molecule has 0 aliphatic heterocycles. The highest BCUT2D eigenvalue weighted by molar-refractivity contribution is 5.33. The van der Waals surface area contributed by atoms with Gasteiger partial charge >= 0.3 is 0 Å². The summed E-state index contributed by atoms with van der Waals surface area (Å²) in [4.78, 5) is 4.16. The molecule has 1 aromatic heterocycles. The van der Waals surface area contributed by atoms with Gasteiger partial charge in [-0.15, -0.1) is 0 Å². The number of hydrogen-bond donors (Lipinski definition) is 1. The van der Waals surface area contributed by atoms with Crippen LogP contribution in [0.5, 0.6) is 5.75 Å². The molecule has 0 atom stereocenters. The summed E-state index contributed by atoms with van der Waals surface area (Å²) < 4.78 is 5.84. The van der Waals surface area contributed by atoms with E-state index in [-0.39, 0.29) is 0 Å². The van der Waals surface area contributed by atoms with E-state index < -0.39 is 0 Å². The van der Waals surface area contributed by atoms with Crippen LogP contribution in [0.4, 0.5) is 0 Å². The largest absolute Gasteiger partial charge is 0.489 e. The van der Waals surface area contributed by atoms with Crippen molar-refractivity contribution in [2.75, 3.05) is 6.54 Å². The summed E-state index contributed by atoms with van der Waals surface area (Å²) >= 11 is 0. The normalized spacial score (nSPS) is 10.3. The van der Waals surface area contributed by atoms with E-state index in [2.05, 4.69) is 17.1 Å². The van der Waals surface area contributed by atoms with Gasteiger partial charge in [0.2, 0.25) is 0 Å². The van der Waals surface area contributed by atoms with Crippen LogP contribution in [-0.4, -0.2) is 11.5 Å². The number of nitrogens with two attached hydrogens (primary N) is 1. The summed E-state index contributed by atoms with van der Waals surface area (Å²) in [6.07, 6.45) is 4.51. The van der Waals surface area contributed by atoms with Crippen molar-refractivity contribution in [3.05, 3.63) is 59.4 Å². The molecule has 0 aliphatic rings. The molecule has 3 heteroatoms. The minimum Gasteiger partial charge on any atom is -0.489 e. The lowest BCUT2D eigenvalue weighted by Crippen LogP contribution is -2.05. The maximum Gasteiger partial charge on any atom is 0.123 e. The van der Waals surface area contributed by atoms with E-state index in [9.17, 15) is 0 Å². The fourth-order valence-corrected chi connectivity index (χ4v) is 1.86. The average molecular weight is 242 g/mol. The van der Waals surface area contributed by atoms with Crippen LogP contribution in [0.3, 0.4) is 0 Å². The number of ether oxygens (including phenoxy) is 1. The van der Waals surface area contributed by atoms with Crippen molar-refractivity contribution in [3.8, 4) is 5.75 Å². The van der Waals surface area contributed by atoms with E-state index in [4.69, 9.17) is 10.5 Å². The zero-order chi connectivity index (χ0) is 12.8. The summed E-state index contributed by atoms with van der Waals surface area (Å²) in [6, 6.07) is 10.1. The number of benzene rings is 1. The van der Waals surface area contributed by atoms with Gasteiger partial charge in [-0.2, -0.15) is 0 Å². The molecule has 18 heavy (non-hydrogen) atoms. The first-order valence-corrected chi connectivity index (χ1v) is 6.11. The lowest BCUT2D eigenvalue weighted by atomic mass is 10.1. The topological polar surface area (TPSA) is 48.1 Å². The quantitative estimate of drug-likeness (QED) is 0.876. The lowest BCUT2D eigenvalue weighted by molar-refractivity contribution is 0.302. The number of aromatic nitrogens is 1. The summed E-state index contributed by atoms with van der Waals surface area (Å²) in [5.74, 6) is 0.907. The van der Waals surface area contributed by atoms with Gasteiger partial charge in [0.1, 0.15) is 12.4 Å². The Labute approximate surface area is 108 Å². The molecule has 2 aromatic rings. The fraction of sp³-hybridized carbons (Fsp3) is 0.267. The number of nitrogens with zero attached hydrogens (tertiary/aromatic N) is 1. The first kappa shape index (κ1) is 12.6. The second-order valence-corrected chi connectivity index (χ2v) is 4.31. The molecular weight excluding hydrogens is 224 g/mol. The maximum absolute atomic E-state index is 5.84. The summed E-state index contributed by atoms with van der Waals surface area (Å²) in [6.45, 7) is 3.20. The lowest BCUT2D eigenvalue weighted by Gasteiger charge is -2.11. The van der Waals surface area contributed by atoms with Gasteiger partial charge < -0.3 is 10.5 Å². The highest BCUT2D eigenvalue weighted by Crippen LogP contribution is 2.19. The van der Waals surface area contributed by atoms with Gasteiger partial charge in [-0.1, -0.05) is 18.2 Å². The third-order valence-corrected chi connectivity index (χ3v) is 2.71. The van der Waals surface area contributed by atoms with E-state index in [0.29, 0.717) is 13.2 Å². The molecule has 1 aromatic carbocycles. The molecule has 0 aliphatic carbocycles. The highest BCUT2D eigenvalue weighted by atomic mass is 16.5. The van der Waals surface area contributed by atoms with E-state index in [1.807, 2.05) is 37.5 Å². The molecule has 0 saturated carbocycles. The molecule has 0 spiro atoms. The van der Waals surface area contributed by atoms with Gasteiger partial charge in [0, 0.05) is 18.0 Å². The van der Waals surface area contributed by atoms with E-state index in [1.54, 1.807) is 0 Å². The smallest absolute Gasteiger partial charge is 0.123 e. The van der Waals surface area contributed by atoms with Crippen molar-refractivity contribution in [3.63, 3.8) is 0 Å². The Kier molecular flexibility index (Phi) is 4.31. The van der Waals surface area contributed by atoms with Crippen molar-refractivity contribution < 1.29 is 4.74 Å². The van der Waals surface area contributed by atoms with Crippen molar-refractivity contribution in [2.24, 2.45) is 5.73 Å². The minimum absolute atomic E-state index is 0.538. The Bertz CT molecular complexity index is 511. The Morgan fingerprint density at radius 3 is 2.83 bits per heavy atom. The first-order chi connectivity index (χ1) is 8.79. The number of hydrogen-bond acceptors (Lipinski definition) is 3. The highest BCUT2D eigenvalue weighted by Gasteiger charge is 2.02. The summed E-state index contributed by atoms with van der Waals surface area (Å²) in [7, 11) is 0. The third kappa shape index (κ3) is 3.31. The van der Waals surface area contributed by atoms with E-state index in [1.165, 1.54) is 0 Å². The molecule has 0 bridgehead atoms. The Morgan fingerprint density at radius 2 is 2.06 bits per heavy atom. The van der Waals surface area contributed by atoms with Gasteiger partial charge in [-0.05, 0) is 43.1 Å². The molecule has 0 amide bonds. The number of rotatable bonds is 5. The van der Waals surface area contributed by atoms with Crippen molar-refractivity contribution in [2.45, 2.75) is 20.0 Å².